The van der Waals surface area contributed by atoms with Crippen LogP contribution in [0.25, 0.3) is 0 Å². The smallest absolute Gasteiger partial charge is 0.0245 e. The first-order valence-corrected chi connectivity index (χ1v) is 4.70. The second-order valence-electron chi connectivity index (χ2n) is 3.31. The van der Waals surface area contributed by atoms with Crippen molar-refractivity contribution in [1.82, 2.24) is 0 Å². The number of rotatable bonds is 4. The van der Waals surface area contributed by atoms with Gasteiger partial charge in [-0.2, -0.15) is 0 Å². The first kappa shape index (κ1) is 9.31. The number of benzene rings is 1. The zero-order valence-electron chi connectivity index (χ0n) is 7.96. The Labute approximate surface area is 75.6 Å². The summed E-state index contributed by atoms with van der Waals surface area (Å²) in [6.07, 6.45) is 4.73. The predicted molar refractivity (Wildman–Crippen MR) is 53.9 cm³/mol. The van der Waals surface area contributed by atoms with E-state index in [2.05, 4.69) is 50.6 Å². The highest BCUT2D eigenvalue weighted by molar-refractivity contribution is 5.16. The van der Waals surface area contributed by atoms with Gasteiger partial charge in [-0.25, -0.2) is 0 Å². The highest BCUT2D eigenvalue weighted by Gasteiger charge is 1.98. The molecule has 0 saturated heterocycles. The van der Waals surface area contributed by atoms with Crippen LogP contribution in [0, 0.1) is 12.3 Å². The van der Waals surface area contributed by atoms with E-state index in [9.17, 15) is 0 Å². The molecule has 1 atom stereocenters. The second-order valence-corrected chi connectivity index (χ2v) is 3.31. The van der Waals surface area contributed by atoms with E-state index in [1.54, 1.807) is 0 Å². The Morgan fingerprint density at radius 3 is 2.50 bits per heavy atom. The summed E-state index contributed by atoms with van der Waals surface area (Å²) in [5, 5.41) is 0. The van der Waals surface area contributed by atoms with Crippen molar-refractivity contribution in [3.8, 4) is 0 Å². The van der Waals surface area contributed by atoms with Gasteiger partial charge < -0.3 is 0 Å². The van der Waals surface area contributed by atoms with E-state index in [4.69, 9.17) is 0 Å². The molecular formula is C12H17. The molecule has 0 N–H and O–H groups in total. The van der Waals surface area contributed by atoms with Gasteiger partial charge in [-0.05, 0) is 24.3 Å². The largest absolute Gasteiger partial charge is 0.0651 e. The fourth-order valence-electron chi connectivity index (χ4n) is 1.12. The minimum absolute atomic E-state index is 0.741. The van der Waals surface area contributed by atoms with Crippen molar-refractivity contribution in [1.29, 1.82) is 0 Å². The Morgan fingerprint density at radius 1 is 1.25 bits per heavy atom. The molecule has 1 aromatic carbocycles. The van der Waals surface area contributed by atoms with Gasteiger partial charge in [-0.3, -0.25) is 0 Å². The highest BCUT2D eigenvalue weighted by atomic mass is 14.0. The van der Waals surface area contributed by atoms with Gasteiger partial charge in [0, 0.05) is 0 Å². The van der Waals surface area contributed by atoms with Crippen molar-refractivity contribution < 1.29 is 0 Å². The van der Waals surface area contributed by atoms with Crippen LogP contribution in [-0.4, -0.2) is 0 Å². The first-order valence-electron chi connectivity index (χ1n) is 4.70. The van der Waals surface area contributed by atoms with Crippen LogP contribution in [-0.2, 0) is 6.42 Å². The topological polar surface area (TPSA) is 0 Å². The van der Waals surface area contributed by atoms with Crippen LogP contribution in [0.15, 0.2) is 30.3 Å². The summed E-state index contributed by atoms with van der Waals surface area (Å²) in [7, 11) is 0. The molecular weight excluding hydrogens is 144 g/mol. The molecule has 0 amide bonds. The van der Waals surface area contributed by atoms with Crippen molar-refractivity contribution in [3.63, 3.8) is 0 Å². The van der Waals surface area contributed by atoms with Crippen LogP contribution in [0.5, 0.6) is 0 Å². The maximum atomic E-state index is 2.38. The summed E-state index contributed by atoms with van der Waals surface area (Å²) >= 11 is 0. The lowest BCUT2D eigenvalue weighted by atomic mass is 9.99. The maximum absolute atomic E-state index is 2.38. The lowest BCUT2D eigenvalue weighted by Gasteiger charge is -2.06. The standard InChI is InChI=1S/C12H17/c1-3-11(2)9-10-12-7-5-4-6-8-12/h4-9,11H,3,10H2,1-2H3. The Bertz CT molecular complexity index is 201. The third-order valence-electron chi connectivity index (χ3n) is 2.24. The van der Waals surface area contributed by atoms with Gasteiger partial charge in [-0.15, -0.1) is 0 Å². The zero-order chi connectivity index (χ0) is 8.81. The van der Waals surface area contributed by atoms with Gasteiger partial charge in [0.05, 0.1) is 0 Å². The maximum Gasteiger partial charge on any atom is -0.0245 e. The third-order valence-corrected chi connectivity index (χ3v) is 2.24. The molecule has 65 valence electrons. The average molecular weight is 161 g/mol. The van der Waals surface area contributed by atoms with Crippen molar-refractivity contribution in [2.75, 3.05) is 0 Å². The van der Waals surface area contributed by atoms with Crippen molar-refractivity contribution in [2.45, 2.75) is 26.7 Å². The Morgan fingerprint density at radius 2 is 1.92 bits per heavy atom. The number of hydrogen-bond acceptors (Lipinski definition) is 0. The van der Waals surface area contributed by atoms with Crippen molar-refractivity contribution in [2.24, 2.45) is 5.92 Å². The highest BCUT2D eigenvalue weighted by Crippen LogP contribution is 2.10. The van der Waals surface area contributed by atoms with Gasteiger partial charge in [0.15, 0.2) is 0 Å². The van der Waals surface area contributed by atoms with Gasteiger partial charge in [0.2, 0.25) is 0 Å². The summed E-state index contributed by atoms with van der Waals surface area (Å²) in [6.45, 7) is 4.50. The van der Waals surface area contributed by atoms with E-state index in [1.165, 1.54) is 12.0 Å². The molecule has 0 aliphatic carbocycles. The van der Waals surface area contributed by atoms with Gasteiger partial charge in [0.25, 0.3) is 0 Å². The summed E-state index contributed by atoms with van der Waals surface area (Å²) in [4.78, 5) is 0. The van der Waals surface area contributed by atoms with E-state index >= 15 is 0 Å². The number of hydrogen-bond donors (Lipinski definition) is 0. The van der Waals surface area contributed by atoms with Crippen molar-refractivity contribution >= 4 is 0 Å². The fourth-order valence-corrected chi connectivity index (χ4v) is 1.12. The molecule has 12 heavy (non-hydrogen) atoms. The molecule has 1 aromatic rings. The predicted octanol–water partition coefficient (Wildman–Crippen LogP) is 3.48. The van der Waals surface area contributed by atoms with Gasteiger partial charge in [0.1, 0.15) is 0 Å². The Hall–Kier alpha value is -0.780. The van der Waals surface area contributed by atoms with Crippen LogP contribution in [0.1, 0.15) is 25.8 Å². The summed E-state index contributed by atoms with van der Waals surface area (Å²) < 4.78 is 0. The molecule has 0 nitrogen and oxygen atoms in total. The lowest BCUT2D eigenvalue weighted by molar-refractivity contribution is 0.631. The normalized spacial score (nSPS) is 12.8. The summed E-state index contributed by atoms with van der Waals surface area (Å²) in [6, 6.07) is 10.6. The fraction of sp³-hybridized carbons (Fsp3) is 0.417. The van der Waals surface area contributed by atoms with Crippen LogP contribution >= 0.6 is 0 Å². The molecule has 0 aromatic heterocycles. The molecule has 0 bridgehead atoms. The van der Waals surface area contributed by atoms with E-state index in [0.29, 0.717) is 0 Å². The third kappa shape index (κ3) is 3.08. The van der Waals surface area contributed by atoms with Crippen molar-refractivity contribution in [3.05, 3.63) is 42.3 Å². The minimum atomic E-state index is 0.741. The van der Waals surface area contributed by atoms with E-state index in [1.807, 2.05) is 0 Å². The molecule has 1 unspecified atom stereocenters. The lowest BCUT2D eigenvalue weighted by Crippen LogP contribution is -1.96. The van der Waals surface area contributed by atoms with Crippen LogP contribution in [0.2, 0.25) is 0 Å². The minimum Gasteiger partial charge on any atom is -0.0651 e. The van der Waals surface area contributed by atoms with E-state index in [0.717, 1.165) is 12.3 Å². The molecule has 0 spiro atoms. The molecule has 0 saturated carbocycles. The Kier molecular flexibility index (Phi) is 3.86. The molecule has 1 rings (SSSR count). The second kappa shape index (κ2) is 4.97. The quantitative estimate of drug-likeness (QED) is 0.634. The summed E-state index contributed by atoms with van der Waals surface area (Å²) in [5.74, 6) is 0.741. The molecule has 0 fully saturated rings. The van der Waals surface area contributed by atoms with Crippen LogP contribution in [0.4, 0.5) is 0 Å². The SMILES string of the molecule is CCC(C)[CH]Cc1ccccc1. The molecule has 0 aliphatic rings. The molecule has 1 radical (unpaired) electrons. The van der Waals surface area contributed by atoms with E-state index in [-0.39, 0.29) is 0 Å². The zero-order valence-corrected chi connectivity index (χ0v) is 7.96. The van der Waals surface area contributed by atoms with Crippen LogP contribution < -0.4 is 0 Å². The summed E-state index contributed by atoms with van der Waals surface area (Å²) in [5.41, 5.74) is 1.41. The monoisotopic (exact) mass is 161 g/mol. The molecule has 0 aliphatic heterocycles. The average Bonchev–Trinajstić information content (AvgIpc) is 2.16. The first-order chi connectivity index (χ1) is 5.83. The molecule has 0 heteroatoms. The van der Waals surface area contributed by atoms with Gasteiger partial charge in [-0.1, -0.05) is 50.6 Å². The molecule has 0 heterocycles. The van der Waals surface area contributed by atoms with E-state index < -0.39 is 0 Å². The Balaban J connectivity index is 2.33. The van der Waals surface area contributed by atoms with Gasteiger partial charge >= 0.3 is 0 Å². The van der Waals surface area contributed by atoms with Crippen LogP contribution in [0.3, 0.4) is 0 Å².